The van der Waals surface area contributed by atoms with E-state index in [0.717, 1.165) is 44.5 Å². The molecule has 126 valence electrons. The van der Waals surface area contributed by atoms with Crippen LogP contribution in [0.1, 0.15) is 61.7 Å². The Morgan fingerprint density at radius 3 is 2.70 bits per heavy atom. The maximum absolute atomic E-state index is 12.4. The number of nitrogens with one attached hydrogen (secondary N) is 2. The van der Waals surface area contributed by atoms with Crippen molar-refractivity contribution in [2.24, 2.45) is 0 Å². The van der Waals surface area contributed by atoms with Gasteiger partial charge in [-0.3, -0.25) is 9.78 Å². The quantitative estimate of drug-likeness (QED) is 0.819. The van der Waals surface area contributed by atoms with Crippen molar-refractivity contribution in [2.75, 3.05) is 18.5 Å². The fourth-order valence-corrected chi connectivity index (χ4v) is 3.39. The smallest absolute Gasteiger partial charge is 0.253 e. The lowest BCUT2D eigenvalue weighted by Gasteiger charge is -2.16. The Bertz CT molecular complexity index is 507. The summed E-state index contributed by atoms with van der Waals surface area (Å²) in [6.45, 7) is 1.63. The van der Waals surface area contributed by atoms with Crippen LogP contribution in [0.5, 0.6) is 0 Å². The van der Waals surface area contributed by atoms with Gasteiger partial charge in [-0.1, -0.05) is 25.7 Å². The van der Waals surface area contributed by atoms with Crippen LogP contribution in [-0.2, 0) is 4.74 Å². The molecule has 1 saturated heterocycles. The zero-order chi connectivity index (χ0) is 15.9. The highest BCUT2D eigenvalue weighted by Gasteiger charge is 2.17. The predicted molar refractivity (Wildman–Crippen MR) is 90.7 cm³/mol. The lowest BCUT2D eigenvalue weighted by atomic mass is 10.1. The Balaban J connectivity index is 1.53. The Morgan fingerprint density at radius 1 is 1.13 bits per heavy atom. The fraction of sp³-hybridized carbons (Fsp3) is 0.667. The van der Waals surface area contributed by atoms with Crippen LogP contribution < -0.4 is 10.6 Å². The first-order valence-electron chi connectivity index (χ1n) is 8.92. The Labute approximate surface area is 138 Å². The molecule has 1 aliphatic heterocycles. The molecule has 0 bridgehead atoms. The molecule has 1 atom stereocenters. The molecule has 0 aromatic carbocycles. The molecule has 2 aliphatic rings. The van der Waals surface area contributed by atoms with Crippen LogP contribution in [-0.4, -0.2) is 36.2 Å². The molecule has 0 radical (unpaired) electrons. The summed E-state index contributed by atoms with van der Waals surface area (Å²) in [5.74, 6) is -0.00911. The molecule has 1 amide bonds. The van der Waals surface area contributed by atoms with Crippen molar-refractivity contribution >= 4 is 11.6 Å². The predicted octanol–water partition coefficient (Wildman–Crippen LogP) is 3.13. The van der Waals surface area contributed by atoms with Crippen LogP contribution in [0.2, 0.25) is 0 Å². The summed E-state index contributed by atoms with van der Waals surface area (Å²) in [4.78, 5) is 16.6. The van der Waals surface area contributed by atoms with Gasteiger partial charge >= 0.3 is 0 Å². The minimum atomic E-state index is -0.00911. The number of carbonyl (C=O) groups excluding carboxylic acids is 1. The van der Waals surface area contributed by atoms with E-state index in [2.05, 4.69) is 15.6 Å². The molecule has 5 nitrogen and oxygen atoms in total. The topological polar surface area (TPSA) is 63.2 Å². The normalized spacial score (nSPS) is 22.5. The third-order valence-electron chi connectivity index (χ3n) is 4.75. The van der Waals surface area contributed by atoms with E-state index in [1.807, 2.05) is 6.07 Å². The third-order valence-corrected chi connectivity index (χ3v) is 4.75. The number of pyridine rings is 1. The maximum Gasteiger partial charge on any atom is 0.253 e. The van der Waals surface area contributed by atoms with Gasteiger partial charge in [-0.25, -0.2) is 0 Å². The minimum absolute atomic E-state index is 0.00911. The van der Waals surface area contributed by atoms with Crippen LogP contribution in [0.3, 0.4) is 0 Å². The minimum Gasteiger partial charge on any atom is -0.381 e. The first-order chi connectivity index (χ1) is 11.3. The van der Waals surface area contributed by atoms with E-state index in [4.69, 9.17) is 4.74 Å². The summed E-state index contributed by atoms with van der Waals surface area (Å²) in [7, 11) is 0. The molecular formula is C18H27N3O2. The van der Waals surface area contributed by atoms with Gasteiger partial charge in [0, 0.05) is 31.6 Å². The summed E-state index contributed by atoms with van der Waals surface area (Å²) in [5, 5.41) is 6.50. The van der Waals surface area contributed by atoms with E-state index in [-0.39, 0.29) is 12.0 Å². The van der Waals surface area contributed by atoms with Crippen LogP contribution >= 0.6 is 0 Å². The molecule has 5 heteroatoms. The van der Waals surface area contributed by atoms with Crippen molar-refractivity contribution in [3.05, 3.63) is 24.0 Å². The number of carbonyl (C=O) groups is 1. The number of amides is 1. The summed E-state index contributed by atoms with van der Waals surface area (Å²) < 4.78 is 5.60. The van der Waals surface area contributed by atoms with E-state index in [9.17, 15) is 4.79 Å². The van der Waals surface area contributed by atoms with Gasteiger partial charge in [-0.2, -0.15) is 0 Å². The number of hydrogen-bond donors (Lipinski definition) is 2. The summed E-state index contributed by atoms with van der Waals surface area (Å²) in [6.07, 6.45) is 13.1. The monoisotopic (exact) mass is 317 g/mol. The van der Waals surface area contributed by atoms with Crippen molar-refractivity contribution in [1.82, 2.24) is 10.3 Å². The van der Waals surface area contributed by atoms with Gasteiger partial charge < -0.3 is 15.4 Å². The number of aromatic nitrogens is 1. The Hall–Kier alpha value is -1.62. The van der Waals surface area contributed by atoms with Gasteiger partial charge in [0.05, 0.1) is 17.4 Å². The second kappa shape index (κ2) is 8.29. The third kappa shape index (κ3) is 4.93. The van der Waals surface area contributed by atoms with Gasteiger partial charge in [0.15, 0.2) is 0 Å². The zero-order valence-electron chi connectivity index (χ0n) is 13.7. The molecule has 1 aliphatic carbocycles. The molecule has 3 rings (SSSR count). The highest BCUT2D eigenvalue weighted by Crippen LogP contribution is 2.18. The van der Waals surface area contributed by atoms with Crippen LogP contribution in [0.25, 0.3) is 0 Å². The Morgan fingerprint density at radius 2 is 1.96 bits per heavy atom. The molecule has 2 fully saturated rings. The van der Waals surface area contributed by atoms with E-state index in [1.165, 1.54) is 25.7 Å². The van der Waals surface area contributed by atoms with E-state index < -0.39 is 0 Å². The van der Waals surface area contributed by atoms with Crippen LogP contribution in [0.15, 0.2) is 18.5 Å². The first-order valence-corrected chi connectivity index (χ1v) is 8.92. The highest BCUT2D eigenvalue weighted by atomic mass is 16.5. The lowest BCUT2D eigenvalue weighted by molar-refractivity contribution is 0.0933. The molecule has 1 saturated carbocycles. The van der Waals surface area contributed by atoms with Gasteiger partial charge in [-0.15, -0.1) is 0 Å². The first kappa shape index (κ1) is 16.2. The molecule has 2 heterocycles. The maximum atomic E-state index is 12.4. The molecule has 0 spiro atoms. The molecule has 1 unspecified atom stereocenters. The second-order valence-electron chi connectivity index (χ2n) is 6.64. The molecular weight excluding hydrogens is 290 g/mol. The van der Waals surface area contributed by atoms with Crippen molar-refractivity contribution < 1.29 is 9.53 Å². The van der Waals surface area contributed by atoms with Crippen LogP contribution in [0.4, 0.5) is 5.69 Å². The fourth-order valence-electron chi connectivity index (χ4n) is 3.39. The average Bonchev–Trinajstić information content (AvgIpc) is 2.97. The molecule has 2 N–H and O–H groups in total. The van der Waals surface area contributed by atoms with Crippen molar-refractivity contribution in [1.29, 1.82) is 0 Å². The Kier molecular flexibility index (Phi) is 5.86. The van der Waals surface area contributed by atoms with Gasteiger partial charge in [0.25, 0.3) is 5.91 Å². The SMILES string of the molecule is O=C(NC1CCCCCC1)c1cncc(NCC2CCCO2)c1. The van der Waals surface area contributed by atoms with E-state index >= 15 is 0 Å². The van der Waals surface area contributed by atoms with E-state index in [1.54, 1.807) is 12.4 Å². The van der Waals surface area contributed by atoms with Crippen molar-refractivity contribution in [3.8, 4) is 0 Å². The average molecular weight is 317 g/mol. The summed E-state index contributed by atoms with van der Waals surface area (Å²) in [6, 6.07) is 2.20. The summed E-state index contributed by atoms with van der Waals surface area (Å²) in [5.41, 5.74) is 1.51. The molecule has 1 aromatic heterocycles. The number of nitrogens with zero attached hydrogens (tertiary/aromatic N) is 1. The van der Waals surface area contributed by atoms with Gasteiger partial charge in [0.1, 0.15) is 0 Å². The lowest BCUT2D eigenvalue weighted by Crippen LogP contribution is -2.34. The molecule has 23 heavy (non-hydrogen) atoms. The largest absolute Gasteiger partial charge is 0.381 e. The number of anilines is 1. The number of hydrogen-bond acceptors (Lipinski definition) is 4. The van der Waals surface area contributed by atoms with Crippen molar-refractivity contribution in [3.63, 3.8) is 0 Å². The standard InChI is InChI=1S/C18H27N3O2/c22-18(21-15-6-3-1-2-4-7-15)14-10-16(12-19-11-14)20-13-17-8-5-9-23-17/h10-12,15,17,20H,1-9,13H2,(H,21,22). The second-order valence-corrected chi connectivity index (χ2v) is 6.64. The van der Waals surface area contributed by atoms with Gasteiger partial charge in [0.2, 0.25) is 0 Å². The zero-order valence-corrected chi connectivity index (χ0v) is 13.7. The van der Waals surface area contributed by atoms with Crippen LogP contribution in [0, 0.1) is 0 Å². The highest BCUT2D eigenvalue weighted by molar-refractivity contribution is 5.94. The van der Waals surface area contributed by atoms with E-state index in [0.29, 0.717) is 11.6 Å². The van der Waals surface area contributed by atoms with Gasteiger partial charge in [-0.05, 0) is 31.7 Å². The number of rotatable bonds is 5. The summed E-state index contributed by atoms with van der Waals surface area (Å²) >= 11 is 0. The molecule has 1 aromatic rings. The van der Waals surface area contributed by atoms with Crippen molar-refractivity contribution in [2.45, 2.75) is 63.5 Å². The number of ether oxygens (including phenoxy) is 1.